The fourth-order valence-corrected chi connectivity index (χ4v) is 8.25. The molecule has 6 aromatic carbocycles. The molecule has 10 rings (SSSR count). The Balaban J connectivity index is 1.20. The van der Waals surface area contributed by atoms with E-state index in [0.29, 0.717) is 0 Å². The summed E-state index contributed by atoms with van der Waals surface area (Å²) in [4.78, 5) is 10.1. The van der Waals surface area contributed by atoms with Gasteiger partial charge in [0.1, 0.15) is 5.42 Å². The highest BCUT2D eigenvalue weighted by molar-refractivity contribution is 6.13. The van der Waals surface area contributed by atoms with Crippen molar-refractivity contribution >= 4 is 57.3 Å². The zero-order chi connectivity index (χ0) is 36.7. The fourth-order valence-electron chi connectivity index (χ4n) is 8.25. The smallest absolute Gasteiger partial charge is 0.160 e. The molecule has 2 heterocycles. The number of aliphatic imine (C=N–C) groups is 1. The van der Waals surface area contributed by atoms with E-state index in [1.165, 1.54) is 22.3 Å². The third-order valence-corrected chi connectivity index (χ3v) is 10.9. The Bertz CT molecular complexity index is 2790. The zero-order valence-electron chi connectivity index (χ0n) is 30.6. The van der Waals surface area contributed by atoms with Gasteiger partial charge in [0.25, 0.3) is 0 Å². The summed E-state index contributed by atoms with van der Waals surface area (Å²) in [6.45, 7) is 0. The van der Waals surface area contributed by atoms with E-state index in [1.807, 2.05) is 0 Å². The standard InChI is InChI=1S/C51H39N3O/c1-53-45-23-13-12-22-44(45)52-49(39-27-25-37(26-28-39)35-15-5-2-6-16-35)50(53)43-33-34-46(51-48(43)42-21-11-14-24-47(42)55-51)54(40-19-9-4-10-20-40)41-31-29-38(30-32-41)36-17-7-3-8-18-36/h2-10,12-13,15-34,45H,11,14H2,1H3. The highest BCUT2D eigenvalue weighted by atomic mass is 16.3. The molecule has 3 aliphatic rings. The van der Waals surface area contributed by atoms with Crippen molar-refractivity contribution in [3.05, 3.63) is 198 Å². The molecule has 4 heteroatoms. The molecule has 264 valence electrons. The van der Waals surface area contributed by atoms with Gasteiger partial charge in [0, 0.05) is 40.2 Å². The Morgan fingerprint density at radius 3 is 1.87 bits per heavy atom. The number of allylic oxidation sites excluding steroid dienone is 2. The lowest BCUT2D eigenvalue weighted by atomic mass is 9.93. The van der Waals surface area contributed by atoms with Crippen molar-refractivity contribution in [1.29, 1.82) is 0 Å². The molecule has 0 amide bonds. The van der Waals surface area contributed by atoms with Crippen LogP contribution in [0.1, 0.15) is 24.0 Å². The summed E-state index contributed by atoms with van der Waals surface area (Å²) < 4.78 is 6.99. The van der Waals surface area contributed by atoms with Gasteiger partial charge in [0.2, 0.25) is 0 Å². The number of nitrogens with zero attached hydrogens (tertiary/aromatic N) is 3. The molecule has 0 saturated carbocycles. The molecule has 1 atom stereocenters. The van der Waals surface area contributed by atoms with Gasteiger partial charge in [-0.25, -0.2) is 4.99 Å². The molecule has 0 radical (unpaired) electrons. The van der Waals surface area contributed by atoms with Crippen LogP contribution in [-0.4, -0.2) is 23.7 Å². The van der Waals surface area contributed by atoms with Crippen LogP contribution in [0.15, 0.2) is 185 Å². The predicted molar refractivity (Wildman–Crippen MR) is 230 cm³/mol. The van der Waals surface area contributed by atoms with Gasteiger partial charge in [-0.15, -0.1) is 0 Å². The molecule has 4 nitrogen and oxygen atoms in total. The zero-order valence-corrected chi connectivity index (χ0v) is 30.6. The van der Waals surface area contributed by atoms with Gasteiger partial charge in [0.15, 0.2) is 5.58 Å². The minimum absolute atomic E-state index is 0.0179. The van der Waals surface area contributed by atoms with Gasteiger partial charge >= 0.3 is 0 Å². The van der Waals surface area contributed by atoms with E-state index >= 15 is 0 Å². The van der Waals surface area contributed by atoms with E-state index < -0.39 is 0 Å². The largest absolute Gasteiger partial charge is 0.454 e. The van der Waals surface area contributed by atoms with Gasteiger partial charge in [-0.2, -0.15) is 0 Å². The molecule has 0 saturated heterocycles. The molecule has 55 heavy (non-hydrogen) atoms. The molecule has 0 N–H and O–H groups in total. The van der Waals surface area contributed by atoms with E-state index in [0.717, 1.165) is 79.7 Å². The summed E-state index contributed by atoms with van der Waals surface area (Å²) in [6, 6.07) is 53.9. The van der Waals surface area contributed by atoms with Gasteiger partial charge in [-0.05, 0) is 83.6 Å². The number of benzene rings is 6. The first-order valence-electron chi connectivity index (χ1n) is 19.0. The molecule has 0 fully saturated rings. The first-order valence-corrected chi connectivity index (χ1v) is 19.0. The van der Waals surface area contributed by atoms with Crippen LogP contribution in [0.2, 0.25) is 0 Å². The van der Waals surface area contributed by atoms with Crippen LogP contribution in [0.4, 0.5) is 17.1 Å². The second-order valence-corrected chi connectivity index (χ2v) is 14.3. The molecular formula is C51H39N3O. The van der Waals surface area contributed by atoms with Crippen molar-refractivity contribution in [3.63, 3.8) is 0 Å². The Morgan fingerprint density at radius 1 is 0.600 bits per heavy atom. The first-order chi connectivity index (χ1) is 27.2. The Hall–Kier alpha value is -6.91. The minimum Gasteiger partial charge on any atom is -0.454 e. The number of anilines is 3. The van der Waals surface area contributed by atoms with Crippen LogP contribution in [0, 0.1) is 0 Å². The molecule has 1 unspecified atom stereocenters. The monoisotopic (exact) mass is 709 g/mol. The SMILES string of the molecule is CN1C(c2ccc(N(c3ccccc3)c3ccc(-c4ccccc4)cc3)c3oc4c(c23)=CCCC=4)=C(c2ccc(-c3ccccc3)cc2)N=C2C=CC=CC21. The Kier molecular flexibility index (Phi) is 8.22. The fraction of sp³-hybridized carbons (Fsp3) is 0.0784. The molecule has 2 aliphatic carbocycles. The van der Waals surface area contributed by atoms with Crippen LogP contribution in [0.3, 0.4) is 0 Å². The second-order valence-electron chi connectivity index (χ2n) is 14.3. The first kappa shape index (κ1) is 32.7. The summed E-state index contributed by atoms with van der Waals surface area (Å²) in [7, 11) is 2.20. The average molecular weight is 710 g/mol. The topological polar surface area (TPSA) is 32.0 Å². The summed E-state index contributed by atoms with van der Waals surface area (Å²) >= 11 is 0. The number of hydrogen-bond donors (Lipinski definition) is 0. The van der Waals surface area contributed by atoms with E-state index in [-0.39, 0.29) is 6.04 Å². The molecule has 0 spiro atoms. The lowest BCUT2D eigenvalue weighted by Crippen LogP contribution is -2.39. The Labute approximate surface area is 321 Å². The summed E-state index contributed by atoms with van der Waals surface area (Å²) in [5, 5.41) is 2.26. The summed E-state index contributed by atoms with van der Waals surface area (Å²) in [6.07, 6.45) is 15.1. The number of furan rings is 1. The lowest BCUT2D eigenvalue weighted by Gasteiger charge is -2.36. The molecule has 0 bridgehead atoms. The molecular weight excluding hydrogens is 671 g/mol. The van der Waals surface area contributed by atoms with Gasteiger partial charge in [-0.1, -0.05) is 140 Å². The van der Waals surface area contributed by atoms with Crippen molar-refractivity contribution in [1.82, 2.24) is 4.90 Å². The van der Waals surface area contributed by atoms with Crippen LogP contribution in [0.5, 0.6) is 0 Å². The van der Waals surface area contributed by atoms with E-state index in [9.17, 15) is 0 Å². The third-order valence-electron chi connectivity index (χ3n) is 10.9. The quantitative estimate of drug-likeness (QED) is 0.165. The number of fused-ring (bicyclic) bond motifs is 4. The number of hydrogen-bond acceptors (Lipinski definition) is 4. The van der Waals surface area contributed by atoms with E-state index in [2.05, 4.69) is 205 Å². The van der Waals surface area contributed by atoms with Crippen LogP contribution < -0.4 is 15.5 Å². The highest BCUT2D eigenvalue weighted by Crippen LogP contribution is 2.44. The average Bonchev–Trinajstić information content (AvgIpc) is 3.66. The third kappa shape index (κ3) is 5.84. The number of para-hydroxylation sites is 1. The van der Waals surface area contributed by atoms with Gasteiger partial charge in [-0.3, -0.25) is 0 Å². The normalized spacial score (nSPS) is 15.9. The van der Waals surface area contributed by atoms with Gasteiger partial charge in [0.05, 0.1) is 28.8 Å². The summed E-state index contributed by atoms with van der Waals surface area (Å²) in [5.41, 5.74) is 14.9. The van der Waals surface area contributed by atoms with Crippen molar-refractivity contribution < 1.29 is 4.42 Å². The minimum atomic E-state index is 0.0179. The molecule has 1 aliphatic heterocycles. The Morgan fingerprint density at radius 2 is 1.18 bits per heavy atom. The maximum absolute atomic E-state index is 6.99. The van der Waals surface area contributed by atoms with Crippen molar-refractivity contribution in [2.24, 2.45) is 4.99 Å². The van der Waals surface area contributed by atoms with Crippen molar-refractivity contribution in [2.45, 2.75) is 18.9 Å². The maximum atomic E-state index is 6.99. The molecule has 7 aromatic rings. The van der Waals surface area contributed by atoms with Crippen LogP contribution >= 0.6 is 0 Å². The van der Waals surface area contributed by atoms with Crippen LogP contribution in [0.25, 0.3) is 56.8 Å². The number of likely N-dealkylation sites (N-methyl/N-ethyl adjacent to an activating group) is 1. The second kappa shape index (κ2) is 13.8. The summed E-state index contributed by atoms with van der Waals surface area (Å²) in [5.74, 6) is 0. The van der Waals surface area contributed by atoms with Crippen molar-refractivity contribution in [2.75, 3.05) is 11.9 Å². The highest BCUT2D eigenvalue weighted by Gasteiger charge is 2.32. The van der Waals surface area contributed by atoms with Gasteiger partial charge < -0.3 is 14.2 Å². The maximum Gasteiger partial charge on any atom is 0.160 e. The van der Waals surface area contributed by atoms with Crippen LogP contribution in [-0.2, 0) is 0 Å². The molecule has 1 aromatic heterocycles. The lowest BCUT2D eigenvalue weighted by molar-refractivity contribution is 0.477. The van der Waals surface area contributed by atoms with E-state index in [4.69, 9.17) is 9.41 Å². The predicted octanol–water partition coefficient (Wildman–Crippen LogP) is 11.3. The number of rotatable bonds is 7. The van der Waals surface area contributed by atoms with Crippen molar-refractivity contribution in [3.8, 4) is 22.3 Å². The van der Waals surface area contributed by atoms with E-state index in [1.54, 1.807) is 0 Å².